The summed E-state index contributed by atoms with van der Waals surface area (Å²) in [5.41, 5.74) is -1.19. The first-order valence-corrected chi connectivity index (χ1v) is 20.3. The van der Waals surface area contributed by atoms with Gasteiger partial charge < -0.3 is 40.2 Å². The molecule has 44 heavy (non-hydrogen) atoms. The molecule has 2 amide bonds. The molecule has 2 atom stereocenters. The number of aliphatic hydroxyl groups excluding tert-OH is 1. The number of methoxy groups -OCH3 is 1. The van der Waals surface area contributed by atoms with Crippen LogP contribution in [0.5, 0.6) is 0 Å². The van der Waals surface area contributed by atoms with E-state index in [4.69, 9.17) is 23.1 Å². The third kappa shape index (κ3) is 21.7. The van der Waals surface area contributed by atoms with Gasteiger partial charge in [-0.1, -0.05) is 41.5 Å². The SMILES string of the molecule is CC(C)(C)OC(=O)N[C@@H](CO)CO[Si](C)(C)C(C)(C)C.COC(=O)[C@@H](CO[Si](C)(C)C(C)(C)C)NC(=O)OC(C)(C)C.[B].[H-].[Li+]. The molecular formula is C29H63BLiN2O9Si2. The second-order valence-corrected chi connectivity index (χ2v) is 25.0. The number of carbonyl (C=O) groups is 3. The van der Waals surface area contributed by atoms with E-state index in [1.165, 1.54) is 7.11 Å². The minimum Gasteiger partial charge on any atom is -1.00 e. The van der Waals surface area contributed by atoms with Crippen LogP contribution in [0.3, 0.4) is 0 Å². The van der Waals surface area contributed by atoms with E-state index in [1.54, 1.807) is 41.5 Å². The number of esters is 1. The van der Waals surface area contributed by atoms with Gasteiger partial charge in [-0.25, -0.2) is 14.4 Å². The van der Waals surface area contributed by atoms with Crippen molar-refractivity contribution in [1.29, 1.82) is 0 Å². The Kier molecular flexibility index (Phi) is 22.2. The number of amides is 2. The predicted molar refractivity (Wildman–Crippen MR) is 179 cm³/mol. The summed E-state index contributed by atoms with van der Waals surface area (Å²) in [6.45, 7) is 32.0. The summed E-state index contributed by atoms with van der Waals surface area (Å²) in [6.07, 6.45) is -1.20. The van der Waals surface area contributed by atoms with Crippen molar-refractivity contribution in [2.45, 2.75) is 143 Å². The summed E-state index contributed by atoms with van der Waals surface area (Å²) in [5.74, 6) is -0.551. The quantitative estimate of drug-likeness (QED) is 0.184. The predicted octanol–water partition coefficient (Wildman–Crippen LogP) is 2.70. The molecule has 0 aromatic heterocycles. The molecular weight excluding hydrogens is 594 g/mol. The fourth-order valence-electron chi connectivity index (χ4n) is 2.41. The molecule has 0 spiro atoms. The molecule has 0 aliphatic carbocycles. The standard InChI is InChI=1S/C15H31NO5Si.C14H31NO4Si.B.Li.H/c1-14(2,3)21-13(18)16-11(12(17)19-7)10-20-22(8,9)15(4,5)6;1-13(2,3)19-12(17)15-11(9-16)10-18-20(7,8)14(4,5)6;;;/h11H,10H2,1-9H3,(H,16,18);11,16H,9-10H2,1-8H3,(H,15,17);;;/q;;;+1;-1/t2*11-;;;/m10.../s1. The number of carbonyl (C=O) groups excluding carboxylic acids is 3. The fraction of sp³-hybridized carbons (Fsp3) is 0.897. The third-order valence-corrected chi connectivity index (χ3v) is 16.0. The van der Waals surface area contributed by atoms with Crippen molar-refractivity contribution in [3.63, 3.8) is 0 Å². The summed E-state index contributed by atoms with van der Waals surface area (Å²) in [6, 6.07) is -1.33. The summed E-state index contributed by atoms with van der Waals surface area (Å²) in [5, 5.41) is 14.6. The van der Waals surface area contributed by atoms with Gasteiger partial charge in [-0.15, -0.1) is 0 Å². The molecule has 0 saturated heterocycles. The molecule has 0 heterocycles. The zero-order valence-electron chi connectivity index (χ0n) is 32.1. The van der Waals surface area contributed by atoms with Crippen LogP contribution in [-0.4, -0.2) is 98.5 Å². The largest absolute Gasteiger partial charge is 1.00 e. The number of hydrogen-bond acceptors (Lipinski definition) is 9. The first-order chi connectivity index (χ1) is 18.5. The van der Waals surface area contributed by atoms with Crippen LogP contribution in [0.1, 0.15) is 84.5 Å². The van der Waals surface area contributed by atoms with Gasteiger partial charge in [0.2, 0.25) is 0 Å². The van der Waals surface area contributed by atoms with Crippen molar-refractivity contribution in [1.82, 2.24) is 10.6 Å². The van der Waals surface area contributed by atoms with Gasteiger partial charge in [0.25, 0.3) is 0 Å². The minimum absolute atomic E-state index is 0. The topological polar surface area (TPSA) is 142 Å². The monoisotopic (exact) mass is 657 g/mol. The Bertz CT molecular complexity index is 874. The number of rotatable bonds is 10. The molecule has 0 rings (SSSR count). The number of aliphatic hydroxyl groups is 1. The van der Waals surface area contributed by atoms with Gasteiger partial charge in [0.15, 0.2) is 22.7 Å². The van der Waals surface area contributed by atoms with Gasteiger partial charge in [0.1, 0.15) is 11.2 Å². The summed E-state index contributed by atoms with van der Waals surface area (Å²) < 4.78 is 27.0. The summed E-state index contributed by atoms with van der Waals surface area (Å²) in [7, 11) is -2.63. The van der Waals surface area contributed by atoms with Crippen molar-refractivity contribution in [2.75, 3.05) is 26.9 Å². The maximum atomic E-state index is 11.8. The number of ether oxygens (including phenoxy) is 3. The normalized spacial score (nSPS) is 13.9. The molecule has 0 aromatic rings. The van der Waals surface area contributed by atoms with Gasteiger partial charge in [-0.3, -0.25) is 0 Å². The molecule has 0 aliphatic rings. The van der Waals surface area contributed by atoms with Gasteiger partial charge in [-0.05, 0) is 77.8 Å². The second kappa shape index (κ2) is 19.6. The number of hydrogen-bond donors (Lipinski definition) is 3. The van der Waals surface area contributed by atoms with Crippen molar-refractivity contribution in [3.05, 3.63) is 0 Å². The first-order valence-electron chi connectivity index (χ1n) is 14.4. The molecule has 0 fully saturated rings. The molecule has 0 bridgehead atoms. The average Bonchev–Trinajstić information content (AvgIpc) is 2.75. The molecule has 3 radical (unpaired) electrons. The molecule has 15 heteroatoms. The molecule has 0 aliphatic heterocycles. The number of nitrogens with one attached hydrogen (secondary N) is 2. The van der Waals surface area contributed by atoms with Crippen LogP contribution < -0.4 is 29.5 Å². The Morgan fingerprint density at radius 2 is 1.05 bits per heavy atom. The maximum Gasteiger partial charge on any atom is 1.00 e. The van der Waals surface area contributed by atoms with Crippen LogP contribution in [-0.2, 0) is 27.9 Å². The van der Waals surface area contributed by atoms with Gasteiger partial charge in [0.05, 0.1) is 33.0 Å². The first kappa shape index (κ1) is 49.9. The van der Waals surface area contributed by atoms with Crippen LogP contribution in [0.15, 0.2) is 0 Å². The van der Waals surface area contributed by atoms with Crippen molar-refractivity contribution in [2.24, 2.45) is 0 Å². The van der Waals surface area contributed by atoms with E-state index >= 15 is 0 Å². The van der Waals surface area contributed by atoms with Crippen LogP contribution in [0.4, 0.5) is 9.59 Å². The van der Waals surface area contributed by atoms with Crippen molar-refractivity contribution < 1.29 is 62.8 Å². The molecule has 255 valence electrons. The van der Waals surface area contributed by atoms with Crippen LogP contribution in [0, 0.1) is 0 Å². The average molecular weight is 658 g/mol. The van der Waals surface area contributed by atoms with Gasteiger partial charge in [0, 0.05) is 8.41 Å². The van der Waals surface area contributed by atoms with Crippen LogP contribution >= 0.6 is 0 Å². The van der Waals surface area contributed by atoms with E-state index in [0.29, 0.717) is 6.61 Å². The molecule has 3 N–H and O–H groups in total. The zero-order valence-corrected chi connectivity index (χ0v) is 33.1. The third-order valence-electron chi connectivity index (χ3n) is 6.99. The van der Waals surface area contributed by atoms with Crippen LogP contribution in [0.25, 0.3) is 0 Å². The van der Waals surface area contributed by atoms with E-state index in [9.17, 15) is 19.5 Å². The smallest absolute Gasteiger partial charge is 1.00 e. The minimum atomic E-state index is -2.02. The maximum absolute atomic E-state index is 11.8. The fourth-order valence-corrected chi connectivity index (χ4v) is 4.48. The molecule has 0 unspecified atom stereocenters. The van der Waals surface area contributed by atoms with Gasteiger partial charge in [-0.2, -0.15) is 0 Å². The molecule has 11 nitrogen and oxygen atoms in total. The van der Waals surface area contributed by atoms with E-state index in [-0.39, 0.29) is 52.0 Å². The van der Waals surface area contributed by atoms with Crippen molar-refractivity contribution >= 4 is 43.2 Å². The summed E-state index contributed by atoms with van der Waals surface area (Å²) >= 11 is 0. The van der Waals surface area contributed by atoms with Crippen molar-refractivity contribution in [3.8, 4) is 0 Å². The Hall–Kier alpha value is -1.01. The summed E-state index contributed by atoms with van der Waals surface area (Å²) in [4.78, 5) is 35.3. The Balaban J connectivity index is -0.000000223. The Morgan fingerprint density at radius 1 is 0.705 bits per heavy atom. The zero-order chi connectivity index (χ0) is 34.0. The number of alkyl carbamates (subject to hydrolysis) is 2. The van der Waals surface area contributed by atoms with E-state index in [2.05, 4.69) is 78.4 Å². The second-order valence-electron chi connectivity index (χ2n) is 15.4. The molecule has 0 aromatic carbocycles. The Morgan fingerprint density at radius 3 is 1.34 bits per heavy atom. The van der Waals surface area contributed by atoms with Crippen LogP contribution in [0.2, 0.25) is 36.3 Å². The van der Waals surface area contributed by atoms with E-state index < -0.39 is 58.1 Å². The van der Waals surface area contributed by atoms with Gasteiger partial charge >= 0.3 is 37.0 Å². The van der Waals surface area contributed by atoms with E-state index in [1.807, 2.05) is 0 Å². The Labute approximate surface area is 285 Å². The van der Waals surface area contributed by atoms with E-state index in [0.717, 1.165) is 0 Å². The molecule has 0 saturated carbocycles.